The molecule has 8 nitrogen and oxygen atoms in total. The van der Waals surface area contributed by atoms with Gasteiger partial charge in [0.05, 0.1) is 25.2 Å². The number of hydrogen-bond donors (Lipinski definition) is 0. The minimum Gasteiger partial charge on any atom is -0.493 e. The van der Waals surface area contributed by atoms with Gasteiger partial charge in [0.2, 0.25) is 0 Å². The second kappa shape index (κ2) is 8.83. The molecule has 0 aliphatic carbocycles. The summed E-state index contributed by atoms with van der Waals surface area (Å²) < 4.78 is 10.7. The van der Waals surface area contributed by atoms with Gasteiger partial charge in [-0.25, -0.2) is 0 Å². The van der Waals surface area contributed by atoms with Crippen molar-refractivity contribution in [3.63, 3.8) is 0 Å². The zero-order valence-corrected chi connectivity index (χ0v) is 17.9. The highest BCUT2D eigenvalue weighted by atomic mass is 16.6. The smallest absolute Gasteiger partial charge is 0.293 e. The van der Waals surface area contributed by atoms with Crippen LogP contribution in [-0.2, 0) is 0 Å². The Morgan fingerprint density at radius 1 is 1.00 bits per heavy atom. The van der Waals surface area contributed by atoms with Crippen molar-refractivity contribution in [2.24, 2.45) is 0 Å². The maximum atomic E-state index is 13.3. The third-order valence-electron chi connectivity index (χ3n) is 6.17. The Morgan fingerprint density at radius 3 is 2.42 bits per heavy atom. The number of methoxy groups -OCH3 is 2. The first-order valence-corrected chi connectivity index (χ1v) is 10.6. The number of likely N-dealkylation sites (tertiary alicyclic amines) is 1. The molecule has 0 bridgehead atoms. The summed E-state index contributed by atoms with van der Waals surface area (Å²) in [7, 11) is 3.17. The lowest BCUT2D eigenvalue weighted by molar-refractivity contribution is -0.384. The number of nitro benzene ring substituents is 1. The fourth-order valence-corrected chi connectivity index (χ4v) is 4.61. The Balaban J connectivity index is 1.62. The maximum Gasteiger partial charge on any atom is 0.293 e. The molecule has 8 heteroatoms. The lowest BCUT2D eigenvalue weighted by Crippen LogP contribution is -2.30. The fourth-order valence-electron chi connectivity index (χ4n) is 4.61. The predicted octanol–water partition coefficient (Wildman–Crippen LogP) is 4.19. The van der Waals surface area contributed by atoms with Gasteiger partial charge < -0.3 is 19.3 Å². The predicted molar refractivity (Wildman–Crippen MR) is 117 cm³/mol. The van der Waals surface area contributed by atoms with Crippen molar-refractivity contribution >= 4 is 17.3 Å². The van der Waals surface area contributed by atoms with Gasteiger partial charge in [-0.05, 0) is 55.5 Å². The highest BCUT2D eigenvalue weighted by molar-refractivity contribution is 5.96. The molecule has 2 saturated heterocycles. The number of rotatable bonds is 6. The molecule has 31 heavy (non-hydrogen) atoms. The van der Waals surface area contributed by atoms with Crippen LogP contribution in [0.1, 0.15) is 47.6 Å². The van der Waals surface area contributed by atoms with Crippen molar-refractivity contribution in [1.82, 2.24) is 4.90 Å². The molecule has 2 aromatic carbocycles. The topological polar surface area (TPSA) is 85.2 Å². The van der Waals surface area contributed by atoms with Gasteiger partial charge in [0.25, 0.3) is 11.6 Å². The molecule has 2 aromatic rings. The highest BCUT2D eigenvalue weighted by Gasteiger charge is 2.32. The van der Waals surface area contributed by atoms with E-state index in [1.54, 1.807) is 31.3 Å². The van der Waals surface area contributed by atoms with Crippen LogP contribution in [0.4, 0.5) is 11.4 Å². The molecular formula is C23H27N3O5. The monoisotopic (exact) mass is 425 g/mol. The van der Waals surface area contributed by atoms with E-state index in [4.69, 9.17) is 9.47 Å². The number of benzene rings is 2. The summed E-state index contributed by atoms with van der Waals surface area (Å²) in [5.74, 6) is 1.06. The fraction of sp³-hybridized carbons (Fsp3) is 0.435. The molecule has 2 aliphatic rings. The van der Waals surface area contributed by atoms with Gasteiger partial charge in [0.1, 0.15) is 5.69 Å². The normalized spacial score (nSPS) is 18.3. The number of amides is 1. The number of carbonyl (C=O) groups excluding carboxylic acids is 1. The number of ether oxygens (including phenoxy) is 2. The van der Waals surface area contributed by atoms with Crippen LogP contribution in [0.25, 0.3) is 0 Å². The summed E-state index contributed by atoms with van der Waals surface area (Å²) in [5.41, 5.74) is 1.90. The average Bonchev–Trinajstić information content (AvgIpc) is 3.50. The Labute approximate surface area is 181 Å². The first kappa shape index (κ1) is 21.0. The Bertz CT molecular complexity index is 987. The first-order valence-electron chi connectivity index (χ1n) is 10.6. The molecule has 0 N–H and O–H groups in total. The molecule has 2 aliphatic heterocycles. The Hall–Kier alpha value is -3.29. The van der Waals surface area contributed by atoms with E-state index < -0.39 is 0 Å². The highest BCUT2D eigenvalue weighted by Crippen LogP contribution is 2.38. The Kier molecular flexibility index (Phi) is 5.97. The van der Waals surface area contributed by atoms with E-state index in [-0.39, 0.29) is 22.6 Å². The van der Waals surface area contributed by atoms with Gasteiger partial charge in [0.15, 0.2) is 11.5 Å². The zero-order chi connectivity index (χ0) is 22.0. The SMILES string of the molecule is COc1ccc(C2CCCN2C(=O)c2ccc(N3CCCC3)c([N+](=O)[O-])c2)cc1OC. The van der Waals surface area contributed by atoms with Crippen LogP contribution >= 0.6 is 0 Å². The van der Waals surface area contributed by atoms with E-state index in [1.807, 2.05) is 23.1 Å². The van der Waals surface area contributed by atoms with E-state index in [9.17, 15) is 14.9 Å². The molecule has 1 amide bonds. The van der Waals surface area contributed by atoms with Crippen LogP contribution in [-0.4, -0.2) is 49.6 Å². The summed E-state index contributed by atoms with van der Waals surface area (Å²) in [5, 5.41) is 11.7. The van der Waals surface area contributed by atoms with Crippen LogP contribution in [0.15, 0.2) is 36.4 Å². The maximum absolute atomic E-state index is 13.3. The second-order valence-corrected chi connectivity index (χ2v) is 7.93. The van der Waals surface area contributed by atoms with E-state index in [2.05, 4.69) is 0 Å². The largest absolute Gasteiger partial charge is 0.493 e. The van der Waals surface area contributed by atoms with Gasteiger partial charge in [-0.3, -0.25) is 14.9 Å². The van der Waals surface area contributed by atoms with Crippen molar-refractivity contribution in [2.45, 2.75) is 31.7 Å². The molecule has 0 spiro atoms. The van der Waals surface area contributed by atoms with E-state index >= 15 is 0 Å². The lowest BCUT2D eigenvalue weighted by Gasteiger charge is -2.26. The minimum atomic E-state index is -0.389. The van der Waals surface area contributed by atoms with Crippen molar-refractivity contribution in [3.05, 3.63) is 57.6 Å². The van der Waals surface area contributed by atoms with Gasteiger partial charge in [-0.1, -0.05) is 6.07 Å². The number of nitrogens with zero attached hydrogens (tertiary/aromatic N) is 3. The van der Waals surface area contributed by atoms with Gasteiger partial charge in [-0.2, -0.15) is 0 Å². The molecule has 164 valence electrons. The molecule has 0 saturated carbocycles. The van der Waals surface area contributed by atoms with Crippen LogP contribution < -0.4 is 14.4 Å². The zero-order valence-electron chi connectivity index (χ0n) is 17.9. The van der Waals surface area contributed by atoms with Gasteiger partial charge in [-0.15, -0.1) is 0 Å². The molecule has 0 radical (unpaired) electrons. The van der Waals surface area contributed by atoms with Crippen LogP contribution in [0.3, 0.4) is 0 Å². The lowest BCUT2D eigenvalue weighted by atomic mass is 10.0. The molecular weight excluding hydrogens is 398 g/mol. The standard InChI is InChI=1S/C23H27N3O5/c1-30-21-10-8-16(15-22(21)31-2)18-6-5-13-25(18)23(27)17-7-9-19(20(14-17)26(28)29)24-11-3-4-12-24/h7-10,14-15,18H,3-6,11-13H2,1-2H3. The van der Waals surface area contributed by atoms with Crippen LogP contribution in [0.2, 0.25) is 0 Å². The first-order chi connectivity index (χ1) is 15.0. The summed E-state index contributed by atoms with van der Waals surface area (Å²) in [4.78, 5) is 28.5. The molecule has 2 fully saturated rings. The average molecular weight is 425 g/mol. The van der Waals surface area contributed by atoms with Crippen molar-refractivity contribution in [1.29, 1.82) is 0 Å². The van der Waals surface area contributed by atoms with E-state index in [0.29, 0.717) is 29.3 Å². The quantitative estimate of drug-likeness (QED) is 0.510. The third-order valence-corrected chi connectivity index (χ3v) is 6.17. The molecule has 1 unspecified atom stereocenters. The molecule has 4 rings (SSSR count). The number of hydrogen-bond acceptors (Lipinski definition) is 6. The van der Waals surface area contributed by atoms with E-state index in [0.717, 1.165) is 44.3 Å². The summed E-state index contributed by atoms with van der Waals surface area (Å²) >= 11 is 0. The summed E-state index contributed by atoms with van der Waals surface area (Å²) in [6.45, 7) is 2.22. The van der Waals surface area contributed by atoms with Crippen LogP contribution in [0.5, 0.6) is 11.5 Å². The number of nitro groups is 1. The van der Waals surface area contributed by atoms with E-state index in [1.165, 1.54) is 6.07 Å². The third kappa shape index (κ3) is 4.02. The van der Waals surface area contributed by atoms with Crippen molar-refractivity contribution in [3.8, 4) is 11.5 Å². The van der Waals surface area contributed by atoms with Crippen molar-refractivity contribution < 1.29 is 19.2 Å². The number of carbonyl (C=O) groups is 1. The van der Waals surface area contributed by atoms with Gasteiger partial charge >= 0.3 is 0 Å². The van der Waals surface area contributed by atoms with Crippen LogP contribution in [0, 0.1) is 10.1 Å². The second-order valence-electron chi connectivity index (χ2n) is 7.93. The molecule has 0 aromatic heterocycles. The summed E-state index contributed by atoms with van der Waals surface area (Å²) in [6, 6.07) is 10.4. The molecule has 1 atom stereocenters. The Morgan fingerprint density at radius 2 is 1.74 bits per heavy atom. The number of anilines is 1. The molecule has 2 heterocycles. The van der Waals surface area contributed by atoms with Crippen molar-refractivity contribution in [2.75, 3.05) is 38.8 Å². The minimum absolute atomic E-state index is 0.00499. The van der Waals surface area contributed by atoms with Gasteiger partial charge in [0, 0.05) is 31.3 Å². The summed E-state index contributed by atoms with van der Waals surface area (Å²) in [6.07, 6.45) is 3.76.